The SMILES string of the molecule is CCC(C(=O)OC)C(C)(O)c1ccc(OC)c(F)c1. The van der Waals surface area contributed by atoms with Gasteiger partial charge in [-0.15, -0.1) is 0 Å². The molecule has 4 nitrogen and oxygen atoms in total. The van der Waals surface area contributed by atoms with Crippen LogP contribution < -0.4 is 4.74 Å². The summed E-state index contributed by atoms with van der Waals surface area (Å²) in [6, 6.07) is 4.13. The topological polar surface area (TPSA) is 55.8 Å². The maximum atomic E-state index is 13.7. The van der Waals surface area contributed by atoms with E-state index in [0.29, 0.717) is 12.0 Å². The molecule has 5 heteroatoms. The lowest BCUT2D eigenvalue weighted by molar-refractivity contribution is -0.155. The third-order valence-electron chi connectivity index (χ3n) is 3.31. The number of hydrogen-bond acceptors (Lipinski definition) is 4. The molecule has 0 aromatic heterocycles. The predicted molar refractivity (Wildman–Crippen MR) is 68.3 cm³/mol. The van der Waals surface area contributed by atoms with E-state index in [-0.39, 0.29) is 5.75 Å². The molecule has 0 amide bonds. The molecule has 0 aliphatic carbocycles. The van der Waals surface area contributed by atoms with Crippen LogP contribution in [-0.4, -0.2) is 25.3 Å². The molecule has 19 heavy (non-hydrogen) atoms. The van der Waals surface area contributed by atoms with Gasteiger partial charge in [-0.05, 0) is 31.0 Å². The highest BCUT2D eigenvalue weighted by molar-refractivity contribution is 5.74. The van der Waals surface area contributed by atoms with Gasteiger partial charge in [-0.3, -0.25) is 4.79 Å². The smallest absolute Gasteiger partial charge is 0.311 e. The molecule has 1 aromatic rings. The number of rotatable bonds is 5. The van der Waals surface area contributed by atoms with Crippen molar-refractivity contribution in [3.63, 3.8) is 0 Å². The molecule has 0 saturated carbocycles. The molecule has 0 radical (unpaired) electrons. The zero-order valence-corrected chi connectivity index (χ0v) is 11.6. The van der Waals surface area contributed by atoms with E-state index >= 15 is 0 Å². The van der Waals surface area contributed by atoms with Gasteiger partial charge in [-0.1, -0.05) is 13.0 Å². The summed E-state index contributed by atoms with van der Waals surface area (Å²) in [7, 11) is 2.62. The zero-order valence-electron chi connectivity index (χ0n) is 11.6. The van der Waals surface area contributed by atoms with E-state index in [1.54, 1.807) is 6.92 Å². The first-order chi connectivity index (χ1) is 8.88. The van der Waals surface area contributed by atoms with E-state index in [9.17, 15) is 14.3 Å². The Labute approximate surface area is 112 Å². The highest BCUT2D eigenvalue weighted by atomic mass is 19.1. The molecular formula is C14H19FO4. The summed E-state index contributed by atoms with van der Waals surface area (Å²) in [5, 5.41) is 10.5. The Morgan fingerprint density at radius 1 is 1.47 bits per heavy atom. The van der Waals surface area contributed by atoms with Gasteiger partial charge in [0.25, 0.3) is 0 Å². The van der Waals surface area contributed by atoms with Crippen LogP contribution in [0.4, 0.5) is 4.39 Å². The van der Waals surface area contributed by atoms with Crippen LogP contribution in [0.3, 0.4) is 0 Å². The highest BCUT2D eigenvalue weighted by Crippen LogP contribution is 2.34. The summed E-state index contributed by atoms with van der Waals surface area (Å²) in [4.78, 5) is 11.7. The Bertz CT molecular complexity index is 457. The molecule has 0 aliphatic rings. The van der Waals surface area contributed by atoms with E-state index in [1.807, 2.05) is 0 Å². The number of carbonyl (C=O) groups is 1. The standard InChI is InChI=1S/C14H19FO4/c1-5-10(13(16)19-4)14(2,17)9-6-7-12(18-3)11(15)8-9/h6-8,10,17H,5H2,1-4H3. The Morgan fingerprint density at radius 3 is 2.53 bits per heavy atom. The fourth-order valence-electron chi connectivity index (χ4n) is 2.12. The summed E-state index contributed by atoms with van der Waals surface area (Å²) < 4.78 is 23.2. The molecular weight excluding hydrogens is 251 g/mol. The van der Waals surface area contributed by atoms with Crippen molar-refractivity contribution < 1.29 is 23.8 Å². The average Bonchev–Trinajstić information content (AvgIpc) is 2.38. The van der Waals surface area contributed by atoms with Gasteiger partial charge in [0.05, 0.1) is 20.1 Å². The molecule has 1 aromatic carbocycles. The van der Waals surface area contributed by atoms with Crippen LogP contribution in [0.15, 0.2) is 18.2 Å². The first kappa shape index (κ1) is 15.4. The van der Waals surface area contributed by atoms with Gasteiger partial charge in [-0.25, -0.2) is 4.39 Å². The van der Waals surface area contributed by atoms with Gasteiger partial charge >= 0.3 is 5.97 Å². The third-order valence-corrected chi connectivity index (χ3v) is 3.31. The van der Waals surface area contributed by atoms with Crippen molar-refractivity contribution in [3.8, 4) is 5.75 Å². The van der Waals surface area contributed by atoms with Crippen LogP contribution in [0.1, 0.15) is 25.8 Å². The number of hydrogen-bond donors (Lipinski definition) is 1. The van der Waals surface area contributed by atoms with E-state index in [0.717, 1.165) is 0 Å². The summed E-state index contributed by atoms with van der Waals surface area (Å²) >= 11 is 0. The first-order valence-corrected chi connectivity index (χ1v) is 6.02. The lowest BCUT2D eigenvalue weighted by Gasteiger charge is -2.31. The number of esters is 1. The van der Waals surface area contributed by atoms with Crippen LogP contribution >= 0.6 is 0 Å². The minimum absolute atomic E-state index is 0.0886. The van der Waals surface area contributed by atoms with Crippen LogP contribution in [0, 0.1) is 11.7 Å². The summed E-state index contributed by atoms with van der Waals surface area (Å²) in [6.07, 6.45) is 0.382. The second-order valence-electron chi connectivity index (χ2n) is 4.48. The van der Waals surface area contributed by atoms with E-state index in [2.05, 4.69) is 4.74 Å². The summed E-state index contributed by atoms with van der Waals surface area (Å²) in [6.45, 7) is 3.23. The highest BCUT2D eigenvalue weighted by Gasteiger charge is 2.38. The Hall–Kier alpha value is -1.62. The fraction of sp³-hybridized carbons (Fsp3) is 0.500. The van der Waals surface area contributed by atoms with Crippen LogP contribution in [0.2, 0.25) is 0 Å². The Morgan fingerprint density at radius 2 is 2.11 bits per heavy atom. The molecule has 1 N–H and O–H groups in total. The molecule has 106 valence electrons. The second-order valence-corrected chi connectivity index (χ2v) is 4.48. The van der Waals surface area contributed by atoms with Gasteiger partial charge in [0, 0.05) is 0 Å². The maximum absolute atomic E-state index is 13.7. The van der Waals surface area contributed by atoms with E-state index < -0.39 is 23.3 Å². The van der Waals surface area contributed by atoms with Crippen molar-refractivity contribution in [2.45, 2.75) is 25.9 Å². The molecule has 0 fully saturated rings. The number of aliphatic hydroxyl groups is 1. The molecule has 2 unspecified atom stereocenters. The number of ether oxygens (including phenoxy) is 2. The van der Waals surface area contributed by atoms with E-state index in [1.165, 1.54) is 39.3 Å². The molecule has 1 rings (SSSR count). The maximum Gasteiger partial charge on any atom is 0.311 e. The summed E-state index contributed by atoms with van der Waals surface area (Å²) in [5.74, 6) is -1.78. The van der Waals surface area contributed by atoms with E-state index in [4.69, 9.17) is 4.74 Å². The molecule has 2 atom stereocenters. The number of carbonyl (C=O) groups excluding carboxylic acids is 1. The monoisotopic (exact) mass is 270 g/mol. The molecule has 0 bridgehead atoms. The van der Waals surface area contributed by atoms with Gasteiger partial charge in [-0.2, -0.15) is 0 Å². The van der Waals surface area contributed by atoms with Crippen molar-refractivity contribution in [1.82, 2.24) is 0 Å². The fourth-order valence-corrected chi connectivity index (χ4v) is 2.12. The third kappa shape index (κ3) is 3.04. The molecule has 0 heterocycles. The minimum atomic E-state index is -1.51. The first-order valence-electron chi connectivity index (χ1n) is 6.02. The normalized spacial score (nSPS) is 15.5. The number of halogens is 1. The molecule has 0 aliphatic heterocycles. The molecule has 0 saturated heterocycles. The largest absolute Gasteiger partial charge is 0.494 e. The zero-order chi connectivity index (χ0) is 14.6. The van der Waals surface area contributed by atoms with Crippen LogP contribution in [0.5, 0.6) is 5.75 Å². The van der Waals surface area contributed by atoms with Crippen LogP contribution in [0.25, 0.3) is 0 Å². The predicted octanol–water partition coefficient (Wildman–Crippen LogP) is 2.24. The lowest BCUT2D eigenvalue weighted by Crippen LogP contribution is -2.37. The van der Waals surface area contributed by atoms with Crippen molar-refractivity contribution in [1.29, 1.82) is 0 Å². The Balaban J connectivity index is 3.17. The van der Waals surface area contributed by atoms with Crippen LogP contribution in [-0.2, 0) is 15.1 Å². The minimum Gasteiger partial charge on any atom is -0.494 e. The van der Waals surface area contributed by atoms with Crippen molar-refractivity contribution in [2.75, 3.05) is 14.2 Å². The second kappa shape index (κ2) is 6.02. The van der Waals surface area contributed by atoms with Gasteiger partial charge < -0.3 is 14.6 Å². The summed E-state index contributed by atoms with van der Waals surface area (Å²) in [5.41, 5.74) is -1.20. The van der Waals surface area contributed by atoms with Crippen molar-refractivity contribution in [3.05, 3.63) is 29.6 Å². The number of benzene rings is 1. The average molecular weight is 270 g/mol. The number of methoxy groups -OCH3 is 2. The van der Waals surface area contributed by atoms with Crippen molar-refractivity contribution in [2.24, 2.45) is 5.92 Å². The van der Waals surface area contributed by atoms with Gasteiger partial charge in [0.15, 0.2) is 11.6 Å². The molecule has 0 spiro atoms. The van der Waals surface area contributed by atoms with Crippen molar-refractivity contribution >= 4 is 5.97 Å². The Kier molecular flexibility index (Phi) is 4.89. The van der Waals surface area contributed by atoms with Gasteiger partial charge in [0.1, 0.15) is 5.60 Å². The lowest BCUT2D eigenvalue weighted by atomic mass is 9.81. The quantitative estimate of drug-likeness (QED) is 0.834. The van der Waals surface area contributed by atoms with Gasteiger partial charge in [0.2, 0.25) is 0 Å².